The summed E-state index contributed by atoms with van der Waals surface area (Å²) in [6, 6.07) is 0. The van der Waals surface area contributed by atoms with Crippen molar-refractivity contribution in [2.75, 3.05) is 0 Å². The molecule has 0 spiro atoms. The van der Waals surface area contributed by atoms with E-state index in [9.17, 15) is 14.7 Å². The van der Waals surface area contributed by atoms with Crippen molar-refractivity contribution in [3.8, 4) is 0 Å². The van der Waals surface area contributed by atoms with Crippen molar-refractivity contribution >= 4 is 34.6 Å². The number of fused-ring (bicyclic) bond motifs is 4. The molecule has 5 heterocycles. The SMILES string of the molecule is C=CC1=C(C)C2=CC3=NC(=C4CC(=O)C5=C(C)C(=CC6=NC(=CC1=N2)C(C)=C6CC)N=C45)[C@@H](CCC(=O)O)[C@@H]3C. The number of carbonyl (C=O) groups is 2. The quantitative estimate of drug-likeness (QED) is 0.445. The molecule has 0 aromatic rings. The normalized spacial score (nSPS) is 25.3. The third-order valence-corrected chi connectivity index (χ3v) is 8.86. The van der Waals surface area contributed by atoms with Crippen molar-refractivity contribution < 1.29 is 14.7 Å². The second-order valence-corrected chi connectivity index (χ2v) is 11.1. The monoisotopic (exact) mass is 532 g/mol. The lowest BCUT2D eigenvalue weighted by Crippen LogP contribution is -2.17. The van der Waals surface area contributed by atoms with Crippen LogP contribution in [0, 0.1) is 11.8 Å². The zero-order valence-electron chi connectivity index (χ0n) is 23.6. The lowest BCUT2D eigenvalue weighted by Gasteiger charge is -2.17. The highest BCUT2D eigenvalue weighted by Gasteiger charge is 2.42. The molecule has 6 rings (SSSR count). The summed E-state index contributed by atoms with van der Waals surface area (Å²) < 4.78 is 0. The number of hydrogen-bond acceptors (Lipinski definition) is 6. The van der Waals surface area contributed by atoms with Crippen LogP contribution in [0.25, 0.3) is 0 Å². The molecule has 202 valence electrons. The molecule has 1 saturated carbocycles. The average molecular weight is 533 g/mol. The number of aliphatic imine (C=N–C) groups is 4. The van der Waals surface area contributed by atoms with E-state index in [2.05, 4.69) is 27.4 Å². The van der Waals surface area contributed by atoms with Crippen molar-refractivity contribution in [2.45, 2.75) is 60.3 Å². The molecule has 0 amide bonds. The van der Waals surface area contributed by atoms with Crippen LogP contribution in [0.4, 0.5) is 0 Å². The van der Waals surface area contributed by atoms with E-state index in [1.165, 1.54) is 0 Å². The predicted molar refractivity (Wildman–Crippen MR) is 159 cm³/mol. The number of aliphatic carboxylic acids is 1. The van der Waals surface area contributed by atoms with Gasteiger partial charge in [-0.25, -0.2) is 15.0 Å². The summed E-state index contributed by atoms with van der Waals surface area (Å²) in [4.78, 5) is 45.0. The van der Waals surface area contributed by atoms with Gasteiger partial charge in [-0.3, -0.25) is 14.6 Å². The smallest absolute Gasteiger partial charge is 0.303 e. The van der Waals surface area contributed by atoms with Crippen LogP contribution in [-0.2, 0) is 9.59 Å². The molecule has 1 aliphatic carbocycles. The maximum atomic E-state index is 13.3. The Labute approximate surface area is 234 Å². The molecular formula is C33H32N4O3. The summed E-state index contributed by atoms with van der Waals surface area (Å²) in [5.74, 6) is -0.986. The highest BCUT2D eigenvalue weighted by molar-refractivity contribution is 6.38. The number of carboxylic acid groups (broad SMARTS) is 1. The molecule has 0 aromatic heterocycles. The van der Waals surface area contributed by atoms with Gasteiger partial charge in [0.25, 0.3) is 0 Å². The van der Waals surface area contributed by atoms with Gasteiger partial charge in [0.15, 0.2) is 5.78 Å². The number of rotatable bonds is 5. The summed E-state index contributed by atoms with van der Waals surface area (Å²) >= 11 is 0. The third-order valence-electron chi connectivity index (χ3n) is 8.86. The average Bonchev–Trinajstić information content (AvgIpc) is 3.65. The Kier molecular flexibility index (Phi) is 6.13. The summed E-state index contributed by atoms with van der Waals surface area (Å²) in [5, 5.41) is 9.48. The molecule has 5 aliphatic heterocycles. The van der Waals surface area contributed by atoms with E-state index in [4.69, 9.17) is 20.0 Å². The van der Waals surface area contributed by atoms with Gasteiger partial charge < -0.3 is 5.11 Å². The van der Waals surface area contributed by atoms with E-state index in [0.717, 1.165) is 79.8 Å². The van der Waals surface area contributed by atoms with Crippen molar-refractivity contribution in [3.63, 3.8) is 0 Å². The highest BCUT2D eigenvalue weighted by Crippen LogP contribution is 2.45. The van der Waals surface area contributed by atoms with Crippen LogP contribution in [-0.4, -0.2) is 39.7 Å². The van der Waals surface area contributed by atoms with Gasteiger partial charge in [0.2, 0.25) is 0 Å². The fourth-order valence-corrected chi connectivity index (χ4v) is 6.54. The Morgan fingerprint density at radius 3 is 2.38 bits per heavy atom. The largest absolute Gasteiger partial charge is 0.481 e. The van der Waals surface area contributed by atoms with Crippen LogP contribution in [0.5, 0.6) is 0 Å². The van der Waals surface area contributed by atoms with E-state index in [1.807, 2.05) is 38.2 Å². The Morgan fingerprint density at radius 2 is 1.68 bits per heavy atom. The molecule has 40 heavy (non-hydrogen) atoms. The highest BCUT2D eigenvalue weighted by atomic mass is 16.4. The van der Waals surface area contributed by atoms with Crippen LogP contribution >= 0.6 is 0 Å². The zero-order valence-corrected chi connectivity index (χ0v) is 23.6. The van der Waals surface area contributed by atoms with E-state index >= 15 is 0 Å². The Morgan fingerprint density at radius 1 is 1.00 bits per heavy atom. The standard InChI is InChI=1S/C33H32N4O3/c1-7-19-15(3)23-12-25-17(5)21(9-10-30(39)40)32(36-25)22-11-29(38)31-18(6)26(37-33(22)31)14-28-20(8-2)16(4)24(35-28)13-27(19)34-23/h7,12-14,17,21H,1,8-11H2,2-6H3,(H,39,40)/t17-,21-/m0/s1. The maximum Gasteiger partial charge on any atom is 0.303 e. The first-order chi connectivity index (χ1) is 19.1. The number of Topliss-reactive ketones (excluding diaryl/α,β-unsaturated/α-hetero) is 1. The number of carboxylic acids is 1. The van der Waals surface area contributed by atoms with Gasteiger partial charge in [-0.15, -0.1) is 0 Å². The van der Waals surface area contributed by atoms with Crippen molar-refractivity contribution in [3.05, 3.63) is 92.7 Å². The number of allylic oxidation sites excluding steroid dienone is 12. The van der Waals surface area contributed by atoms with Crippen LogP contribution < -0.4 is 0 Å². The number of carbonyl (C=O) groups excluding carboxylic acids is 1. The van der Waals surface area contributed by atoms with Crippen molar-refractivity contribution in [1.82, 2.24) is 0 Å². The molecule has 8 bridgehead atoms. The fourth-order valence-electron chi connectivity index (χ4n) is 6.54. The first kappa shape index (κ1) is 26.0. The van der Waals surface area contributed by atoms with Gasteiger partial charge >= 0.3 is 5.97 Å². The minimum atomic E-state index is -0.845. The van der Waals surface area contributed by atoms with Crippen LogP contribution in [0.15, 0.2) is 113 Å². The maximum absolute atomic E-state index is 13.3. The topological polar surface area (TPSA) is 104 Å². The zero-order chi connectivity index (χ0) is 28.5. The van der Waals surface area contributed by atoms with Crippen LogP contribution in [0.3, 0.4) is 0 Å². The molecular weight excluding hydrogens is 500 g/mol. The molecule has 0 saturated heterocycles. The number of ketones is 1. The van der Waals surface area contributed by atoms with Gasteiger partial charge in [-0.1, -0.05) is 26.5 Å². The number of hydrogen-bond donors (Lipinski definition) is 1. The molecule has 0 radical (unpaired) electrons. The first-order valence-corrected chi connectivity index (χ1v) is 13.9. The summed E-state index contributed by atoms with van der Waals surface area (Å²) in [6.07, 6.45) is 9.35. The van der Waals surface area contributed by atoms with E-state index in [0.29, 0.717) is 17.7 Å². The Balaban J connectivity index is 1.64. The molecule has 7 heteroatoms. The second kappa shape index (κ2) is 9.44. The molecule has 7 nitrogen and oxygen atoms in total. The lowest BCUT2D eigenvalue weighted by molar-refractivity contribution is -0.137. The van der Waals surface area contributed by atoms with E-state index in [1.54, 1.807) is 0 Å². The first-order valence-electron chi connectivity index (χ1n) is 13.9. The van der Waals surface area contributed by atoms with Crippen LogP contribution in [0.2, 0.25) is 0 Å². The summed E-state index contributed by atoms with van der Waals surface area (Å²) in [5.41, 5.74) is 12.9. The minimum Gasteiger partial charge on any atom is -0.481 e. The van der Waals surface area contributed by atoms with E-state index in [-0.39, 0.29) is 30.5 Å². The molecule has 0 unspecified atom stereocenters. The second-order valence-electron chi connectivity index (χ2n) is 11.1. The van der Waals surface area contributed by atoms with Crippen molar-refractivity contribution in [1.29, 1.82) is 0 Å². The third kappa shape index (κ3) is 3.86. The van der Waals surface area contributed by atoms with Gasteiger partial charge in [0.1, 0.15) is 0 Å². The van der Waals surface area contributed by atoms with Gasteiger partial charge in [-0.2, -0.15) is 0 Å². The molecule has 2 atom stereocenters. The fraction of sp³-hybridized carbons (Fsp3) is 0.333. The summed E-state index contributed by atoms with van der Waals surface area (Å²) in [7, 11) is 0. The van der Waals surface area contributed by atoms with Crippen LogP contribution in [0.1, 0.15) is 60.3 Å². The van der Waals surface area contributed by atoms with Crippen molar-refractivity contribution in [2.24, 2.45) is 31.8 Å². The molecule has 1 N–H and O–H groups in total. The molecule has 1 fully saturated rings. The van der Waals surface area contributed by atoms with Gasteiger partial charge in [0.05, 0.1) is 39.9 Å². The number of nitrogens with zero attached hydrogens (tertiary/aromatic N) is 4. The predicted octanol–water partition coefficient (Wildman–Crippen LogP) is 6.36. The van der Waals surface area contributed by atoms with Gasteiger partial charge in [0, 0.05) is 47.1 Å². The molecule has 6 aliphatic rings. The van der Waals surface area contributed by atoms with Gasteiger partial charge in [-0.05, 0) is 74.1 Å². The van der Waals surface area contributed by atoms with E-state index < -0.39 is 5.97 Å². The Bertz CT molecular complexity index is 1690. The lowest BCUT2D eigenvalue weighted by atomic mass is 9.84. The Hall–Kier alpha value is -4.26. The molecule has 0 aromatic carbocycles. The summed E-state index contributed by atoms with van der Waals surface area (Å²) in [6.45, 7) is 14.3. The minimum absolute atomic E-state index is 0.0270.